The normalized spacial score (nSPS) is 50.7. The molecule has 2 fully saturated rings. The third-order valence-corrected chi connectivity index (χ3v) is 2.65. The van der Waals surface area contributed by atoms with Crippen molar-refractivity contribution >= 4 is 0 Å². The fraction of sp³-hybridized carbons (Fsp3) is 1.00. The molecule has 11 heavy (non-hydrogen) atoms. The Kier molecular flexibility index (Phi) is 1.64. The first kappa shape index (κ1) is 7.49. The summed E-state index contributed by atoms with van der Waals surface area (Å²) < 4.78 is 5.17. The van der Waals surface area contributed by atoms with Crippen LogP contribution in [0.4, 0.5) is 0 Å². The van der Waals surface area contributed by atoms with Crippen LogP contribution in [0.3, 0.4) is 0 Å². The van der Waals surface area contributed by atoms with Crippen molar-refractivity contribution in [1.29, 1.82) is 0 Å². The fourth-order valence-corrected chi connectivity index (χ4v) is 1.85. The standard InChI is InChI=1S/C7H13NO3/c9-5-3-8-7(6(5)10)1-2-11-4-7/h5-6,8-10H,1-4H2. The van der Waals surface area contributed by atoms with Gasteiger partial charge in [0.1, 0.15) is 6.10 Å². The molecule has 0 aromatic carbocycles. The molecule has 0 aliphatic carbocycles. The molecule has 0 radical (unpaired) electrons. The van der Waals surface area contributed by atoms with Gasteiger partial charge in [-0.2, -0.15) is 0 Å². The van der Waals surface area contributed by atoms with Gasteiger partial charge in [-0.25, -0.2) is 0 Å². The monoisotopic (exact) mass is 159 g/mol. The number of rotatable bonds is 0. The Morgan fingerprint density at radius 3 is 2.73 bits per heavy atom. The van der Waals surface area contributed by atoms with Crippen LogP contribution in [0, 0.1) is 0 Å². The lowest BCUT2D eigenvalue weighted by Gasteiger charge is -2.25. The van der Waals surface area contributed by atoms with Crippen molar-refractivity contribution in [2.45, 2.75) is 24.2 Å². The van der Waals surface area contributed by atoms with Crippen LogP contribution in [0.1, 0.15) is 6.42 Å². The summed E-state index contributed by atoms with van der Waals surface area (Å²) in [7, 11) is 0. The molecule has 2 rings (SSSR count). The van der Waals surface area contributed by atoms with E-state index in [2.05, 4.69) is 5.32 Å². The van der Waals surface area contributed by atoms with Crippen molar-refractivity contribution in [3.8, 4) is 0 Å². The maximum atomic E-state index is 9.56. The van der Waals surface area contributed by atoms with E-state index in [0.29, 0.717) is 19.8 Å². The Bertz CT molecular complexity index is 156. The summed E-state index contributed by atoms with van der Waals surface area (Å²) in [6, 6.07) is 0. The Morgan fingerprint density at radius 2 is 2.27 bits per heavy atom. The first-order valence-electron chi connectivity index (χ1n) is 3.93. The van der Waals surface area contributed by atoms with Gasteiger partial charge in [-0.05, 0) is 6.42 Å². The highest BCUT2D eigenvalue weighted by atomic mass is 16.5. The summed E-state index contributed by atoms with van der Waals surface area (Å²) in [6.45, 7) is 1.67. The van der Waals surface area contributed by atoms with E-state index in [4.69, 9.17) is 4.74 Å². The van der Waals surface area contributed by atoms with Gasteiger partial charge in [0, 0.05) is 13.2 Å². The number of β-amino-alcohol motifs (C(OH)–C–C–N with tert-alkyl or cyclic N) is 1. The predicted molar refractivity (Wildman–Crippen MR) is 38.2 cm³/mol. The van der Waals surface area contributed by atoms with E-state index in [1.165, 1.54) is 0 Å². The second-order valence-electron chi connectivity index (χ2n) is 3.35. The van der Waals surface area contributed by atoms with E-state index in [-0.39, 0.29) is 5.54 Å². The van der Waals surface area contributed by atoms with Gasteiger partial charge in [0.25, 0.3) is 0 Å². The summed E-state index contributed by atoms with van der Waals surface area (Å²) in [5, 5.41) is 21.9. The minimum atomic E-state index is -0.662. The lowest BCUT2D eigenvalue weighted by molar-refractivity contribution is 0.00704. The molecule has 3 N–H and O–H groups in total. The lowest BCUT2D eigenvalue weighted by atomic mass is 9.93. The molecule has 1 spiro atoms. The SMILES string of the molecule is OC1CNC2(CCOC2)C1O. The number of hydrogen-bond donors (Lipinski definition) is 3. The van der Waals surface area contributed by atoms with Crippen molar-refractivity contribution in [2.24, 2.45) is 0 Å². The molecule has 3 unspecified atom stereocenters. The minimum absolute atomic E-state index is 0.348. The predicted octanol–water partition coefficient (Wildman–Crippen LogP) is -1.53. The largest absolute Gasteiger partial charge is 0.389 e. The molecule has 3 atom stereocenters. The molecule has 0 aromatic heterocycles. The molecule has 0 aromatic rings. The Hall–Kier alpha value is -0.160. The summed E-state index contributed by atoms with van der Waals surface area (Å²) in [5.41, 5.74) is -0.348. The smallest absolute Gasteiger partial charge is 0.102 e. The van der Waals surface area contributed by atoms with Gasteiger partial charge in [0.15, 0.2) is 0 Å². The van der Waals surface area contributed by atoms with Crippen LogP contribution < -0.4 is 5.32 Å². The van der Waals surface area contributed by atoms with Crippen LogP contribution in [0.5, 0.6) is 0 Å². The number of ether oxygens (including phenoxy) is 1. The van der Waals surface area contributed by atoms with E-state index in [1.54, 1.807) is 0 Å². The molecule has 0 bridgehead atoms. The molecule has 2 aliphatic rings. The Balaban J connectivity index is 2.13. The second-order valence-corrected chi connectivity index (χ2v) is 3.35. The molecule has 2 aliphatic heterocycles. The van der Waals surface area contributed by atoms with E-state index in [1.807, 2.05) is 0 Å². The van der Waals surface area contributed by atoms with E-state index < -0.39 is 12.2 Å². The fourth-order valence-electron chi connectivity index (χ4n) is 1.85. The van der Waals surface area contributed by atoms with E-state index in [9.17, 15) is 10.2 Å². The van der Waals surface area contributed by atoms with Gasteiger partial charge >= 0.3 is 0 Å². The van der Waals surface area contributed by atoms with Crippen molar-refractivity contribution < 1.29 is 14.9 Å². The van der Waals surface area contributed by atoms with Crippen molar-refractivity contribution in [3.05, 3.63) is 0 Å². The highest BCUT2D eigenvalue weighted by molar-refractivity contribution is 5.06. The summed E-state index contributed by atoms with van der Waals surface area (Å²) in [6.07, 6.45) is -0.493. The zero-order valence-electron chi connectivity index (χ0n) is 6.29. The van der Waals surface area contributed by atoms with Crippen LogP contribution in [0.15, 0.2) is 0 Å². The van der Waals surface area contributed by atoms with Crippen LogP contribution in [0.25, 0.3) is 0 Å². The molecule has 4 heteroatoms. The number of aliphatic hydroxyl groups is 2. The molecule has 64 valence electrons. The first-order chi connectivity index (χ1) is 5.25. The number of hydrogen-bond acceptors (Lipinski definition) is 4. The number of aliphatic hydroxyl groups excluding tert-OH is 2. The zero-order chi connectivity index (χ0) is 7.90. The Labute approximate surface area is 65.2 Å². The maximum Gasteiger partial charge on any atom is 0.102 e. The topological polar surface area (TPSA) is 61.7 Å². The first-order valence-corrected chi connectivity index (χ1v) is 3.93. The highest BCUT2D eigenvalue weighted by Gasteiger charge is 2.49. The van der Waals surface area contributed by atoms with Gasteiger partial charge in [0.2, 0.25) is 0 Å². The Morgan fingerprint density at radius 1 is 1.45 bits per heavy atom. The summed E-state index contributed by atoms with van der Waals surface area (Å²) in [4.78, 5) is 0. The average molecular weight is 159 g/mol. The second kappa shape index (κ2) is 2.42. The summed E-state index contributed by atoms with van der Waals surface area (Å²) in [5.74, 6) is 0. The van der Waals surface area contributed by atoms with Crippen molar-refractivity contribution in [2.75, 3.05) is 19.8 Å². The van der Waals surface area contributed by atoms with Crippen molar-refractivity contribution in [3.63, 3.8) is 0 Å². The van der Waals surface area contributed by atoms with E-state index >= 15 is 0 Å². The maximum absolute atomic E-state index is 9.56. The highest BCUT2D eigenvalue weighted by Crippen LogP contribution is 2.28. The van der Waals surface area contributed by atoms with Crippen molar-refractivity contribution in [1.82, 2.24) is 5.32 Å². The molecule has 0 saturated carbocycles. The van der Waals surface area contributed by atoms with Gasteiger partial charge in [0.05, 0.1) is 18.2 Å². The number of nitrogens with one attached hydrogen (secondary N) is 1. The minimum Gasteiger partial charge on any atom is -0.389 e. The van der Waals surface area contributed by atoms with Gasteiger partial charge in [-0.3, -0.25) is 0 Å². The van der Waals surface area contributed by atoms with Crippen LogP contribution in [0.2, 0.25) is 0 Å². The third kappa shape index (κ3) is 0.980. The molecular formula is C7H13NO3. The van der Waals surface area contributed by atoms with Gasteiger partial charge < -0.3 is 20.3 Å². The molecule has 0 amide bonds. The third-order valence-electron chi connectivity index (χ3n) is 2.65. The van der Waals surface area contributed by atoms with Crippen LogP contribution in [-0.2, 0) is 4.74 Å². The van der Waals surface area contributed by atoms with Gasteiger partial charge in [-0.1, -0.05) is 0 Å². The molecule has 2 heterocycles. The zero-order valence-corrected chi connectivity index (χ0v) is 6.29. The molecular weight excluding hydrogens is 146 g/mol. The van der Waals surface area contributed by atoms with Crippen LogP contribution in [-0.4, -0.2) is 47.7 Å². The van der Waals surface area contributed by atoms with E-state index in [0.717, 1.165) is 6.42 Å². The van der Waals surface area contributed by atoms with Crippen LogP contribution >= 0.6 is 0 Å². The molecule has 4 nitrogen and oxygen atoms in total. The molecule has 2 saturated heterocycles. The van der Waals surface area contributed by atoms with Gasteiger partial charge in [-0.15, -0.1) is 0 Å². The quantitative estimate of drug-likeness (QED) is 0.401. The average Bonchev–Trinajstić information content (AvgIpc) is 2.56. The lowest BCUT2D eigenvalue weighted by Crippen LogP contribution is -2.49. The summed E-state index contributed by atoms with van der Waals surface area (Å²) >= 11 is 0.